The van der Waals surface area contributed by atoms with Crippen LogP contribution >= 0.6 is 12.4 Å². The second-order valence-corrected chi connectivity index (χ2v) is 11.5. The molecule has 3 atom stereocenters. The van der Waals surface area contributed by atoms with Crippen LogP contribution in [0.2, 0.25) is 0 Å². The lowest BCUT2D eigenvalue weighted by molar-refractivity contribution is -0.113. The molecular weight excluding hydrogens is 492 g/mol. The van der Waals surface area contributed by atoms with Gasteiger partial charge in [-0.1, -0.05) is 55.0 Å². The molecule has 3 aromatic carbocycles. The smallest absolute Gasteiger partial charge is 0.251 e. The Labute approximate surface area is 232 Å². The summed E-state index contributed by atoms with van der Waals surface area (Å²) in [7, 11) is 0. The SMILES string of the molecule is Cc1ccc(-c2ccc3c(c2)C=C(C(=O)Nc2ccc(CNC4CC5CCC4(C)C5)cc2)CCO3)cc1.Cl. The number of carbonyl (C=O) groups excluding carboxylic acids is 1. The molecule has 2 saturated carbocycles. The second-order valence-electron chi connectivity index (χ2n) is 11.5. The van der Waals surface area contributed by atoms with Gasteiger partial charge in [0, 0.05) is 35.8 Å². The van der Waals surface area contributed by atoms with Crippen molar-refractivity contribution in [2.75, 3.05) is 11.9 Å². The summed E-state index contributed by atoms with van der Waals surface area (Å²) in [5, 5.41) is 6.90. The van der Waals surface area contributed by atoms with Crippen molar-refractivity contribution >= 4 is 30.1 Å². The first-order valence-corrected chi connectivity index (χ1v) is 13.6. The van der Waals surface area contributed by atoms with E-state index in [-0.39, 0.29) is 18.3 Å². The lowest BCUT2D eigenvalue weighted by atomic mass is 9.82. The quantitative estimate of drug-likeness (QED) is 0.347. The van der Waals surface area contributed by atoms with Gasteiger partial charge >= 0.3 is 0 Å². The molecule has 3 unspecified atom stereocenters. The first kappa shape index (κ1) is 26.5. The van der Waals surface area contributed by atoms with Crippen LogP contribution in [0.5, 0.6) is 5.75 Å². The van der Waals surface area contributed by atoms with E-state index in [4.69, 9.17) is 4.74 Å². The number of aryl methyl sites for hydroxylation is 1. The Morgan fingerprint density at radius 3 is 2.50 bits per heavy atom. The van der Waals surface area contributed by atoms with Gasteiger partial charge in [0.2, 0.25) is 0 Å². The number of hydrogen-bond acceptors (Lipinski definition) is 3. The molecule has 1 heterocycles. The Balaban J connectivity index is 0.00000294. The third-order valence-electron chi connectivity index (χ3n) is 8.70. The van der Waals surface area contributed by atoms with Gasteiger partial charge in [-0.3, -0.25) is 4.79 Å². The molecular formula is C33H37ClN2O2. The van der Waals surface area contributed by atoms with Gasteiger partial charge in [-0.15, -0.1) is 12.4 Å². The Kier molecular flexibility index (Phi) is 7.65. The zero-order valence-electron chi connectivity index (χ0n) is 22.3. The van der Waals surface area contributed by atoms with Gasteiger partial charge < -0.3 is 15.4 Å². The summed E-state index contributed by atoms with van der Waals surface area (Å²) >= 11 is 0. The van der Waals surface area contributed by atoms with Gasteiger partial charge in [-0.25, -0.2) is 0 Å². The Hall–Kier alpha value is -3.08. The average molecular weight is 529 g/mol. The van der Waals surface area contributed by atoms with Gasteiger partial charge in [0.25, 0.3) is 5.91 Å². The van der Waals surface area contributed by atoms with E-state index in [1.807, 2.05) is 24.3 Å². The fraction of sp³-hybridized carbons (Fsp3) is 0.364. The fourth-order valence-corrected chi connectivity index (χ4v) is 6.45. The highest BCUT2D eigenvalue weighted by atomic mass is 35.5. The minimum atomic E-state index is -0.0713. The number of anilines is 1. The van der Waals surface area contributed by atoms with E-state index in [1.54, 1.807) is 0 Å². The van der Waals surface area contributed by atoms with Crippen molar-refractivity contribution in [3.63, 3.8) is 0 Å². The van der Waals surface area contributed by atoms with Crippen molar-refractivity contribution in [1.82, 2.24) is 5.32 Å². The van der Waals surface area contributed by atoms with Crippen LogP contribution in [0.25, 0.3) is 17.2 Å². The molecule has 4 nitrogen and oxygen atoms in total. The van der Waals surface area contributed by atoms with Crippen molar-refractivity contribution in [2.24, 2.45) is 11.3 Å². The Morgan fingerprint density at radius 1 is 1.03 bits per heavy atom. The van der Waals surface area contributed by atoms with Crippen molar-refractivity contribution in [3.05, 3.63) is 89.0 Å². The van der Waals surface area contributed by atoms with Crippen molar-refractivity contribution in [2.45, 2.75) is 58.5 Å². The summed E-state index contributed by atoms with van der Waals surface area (Å²) in [5.74, 6) is 1.67. The molecule has 2 aliphatic carbocycles. The maximum absolute atomic E-state index is 13.2. The lowest BCUT2D eigenvalue weighted by Gasteiger charge is -2.32. The summed E-state index contributed by atoms with van der Waals surface area (Å²) in [5.41, 5.74) is 7.73. The normalized spacial score (nSPS) is 23.5. The molecule has 1 aliphatic heterocycles. The van der Waals surface area contributed by atoms with E-state index >= 15 is 0 Å². The maximum Gasteiger partial charge on any atom is 0.251 e. The summed E-state index contributed by atoms with van der Waals surface area (Å²) in [6.45, 7) is 5.91. The molecule has 0 aromatic heterocycles. The van der Waals surface area contributed by atoms with Crippen molar-refractivity contribution in [1.29, 1.82) is 0 Å². The summed E-state index contributed by atoms with van der Waals surface area (Å²) < 4.78 is 5.96. The number of halogens is 1. The molecule has 0 saturated heterocycles. The maximum atomic E-state index is 13.2. The topological polar surface area (TPSA) is 50.4 Å². The largest absolute Gasteiger partial charge is 0.493 e. The minimum Gasteiger partial charge on any atom is -0.493 e. The molecule has 2 N–H and O–H groups in total. The van der Waals surface area contributed by atoms with Crippen LogP contribution in [0.4, 0.5) is 5.69 Å². The highest BCUT2D eigenvalue weighted by Crippen LogP contribution is 2.53. The number of carbonyl (C=O) groups is 1. The zero-order chi connectivity index (χ0) is 25.4. The summed E-state index contributed by atoms with van der Waals surface area (Å²) in [6.07, 6.45) is 8.02. The zero-order valence-corrected chi connectivity index (χ0v) is 23.1. The van der Waals surface area contributed by atoms with E-state index in [0.717, 1.165) is 46.2 Å². The monoisotopic (exact) mass is 528 g/mol. The fourth-order valence-electron chi connectivity index (χ4n) is 6.45. The number of ether oxygens (including phenoxy) is 1. The molecule has 2 bridgehead atoms. The molecule has 1 amide bonds. The van der Waals surface area contributed by atoms with Crippen LogP contribution in [0.1, 0.15) is 55.7 Å². The molecule has 2 fully saturated rings. The standard InChI is InChI=1S/C33H36N2O2.ClH/c1-22-3-7-25(8-4-22)26-9-12-30-28(18-26)19-27(14-16-37-30)32(36)35-29-10-5-23(6-11-29)21-34-31-17-24-13-15-33(31,2)20-24;/h3-12,18-19,24,31,34H,13-17,20-21H2,1-2H3,(H,35,36);1H. The van der Waals surface area contributed by atoms with Crippen LogP contribution in [-0.2, 0) is 11.3 Å². The first-order valence-electron chi connectivity index (χ1n) is 13.6. The summed E-state index contributed by atoms with van der Waals surface area (Å²) in [6, 6.07) is 23.6. The molecule has 3 aliphatic rings. The number of amides is 1. The molecule has 198 valence electrons. The average Bonchev–Trinajstić information content (AvgIpc) is 3.34. The predicted molar refractivity (Wildman–Crippen MR) is 158 cm³/mol. The van der Waals surface area contributed by atoms with Crippen LogP contribution in [0.15, 0.2) is 72.3 Å². The highest BCUT2D eigenvalue weighted by Gasteiger charge is 2.48. The first-order chi connectivity index (χ1) is 17.9. The van der Waals surface area contributed by atoms with Gasteiger partial charge in [0.05, 0.1) is 6.61 Å². The number of rotatable bonds is 6. The molecule has 5 heteroatoms. The Morgan fingerprint density at radius 2 is 1.79 bits per heavy atom. The van der Waals surface area contributed by atoms with Gasteiger partial charge in [0.1, 0.15) is 5.75 Å². The van der Waals surface area contributed by atoms with Gasteiger partial charge in [0.15, 0.2) is 0 Å². The van der Waals surface area contributed by atoms with Crippen LogP contribution < -0.4 is 15.4 Å². The van der Waals surface area contributed by atoms with E-state index < -0.39 is 0 Å². The number of hydrogen-bond donors (Lipinski definition) is 2. The lowest BCUT2D eigenvalue weighted by Crippen LogP contribution is -2.39. The van der Waals surface area contributed by atoms with Crippen LogP contribution in [0.3, 0.4) is 0 Å². The molecule has 6 rings (SSSR count). The molecule has 0 radical (unpaired) electrons. The second kappa shape index (κ2) is 11.0. The van der Waals surface area contributed by atoms with E-state index in [9.17, 15) is 4.79 Å². The van der Waals surface area contributed by atoms with Crippen molar-refractivity contribution < 1.29 is 9.53 Å². The number of benzene rings is 3. The van der Waals surface area contributed by atoms with Crippen molar-refractivity contribution in [3.8, 4) is 16.9 Å². The number of fused-ring (bicyclic) bond motifs is 3. The highest BCUT2D eigenvalue weighted by molar-refractivity contribution is 6.07. The van der Waals surface area contributed by atoms with E-state index in [1.165, 1.54) is 36.8 Å². The Bertz CT molecular complexity index is 1330. The number of nitrogens with one attached hydrogen (secondary N) is 2. The predicted octanol–water partition coefficient (Wildman–Crippen LogP) is 7.56. The van der Waals surface area contributed by atoms with Gasteiger partial charge in [-0.2, -0.15) is 0 Å². The van der Waals surface area contributed by atoms with E-state index in [0.29, 0.717) is 24.5 Å². The third-order valence-corrected chi connectivity index (χ3v) is 8.70. The third kappa shape index (κ3) is 5.52. The molecule has 38 heavy (non-hydrogen) atoms. The summed E-state index contributed by atoms with van der Waals surface area (Å²) in [4.78, 5) is 13.2. The molecule has 3 aromatic rings. The molecule has 0 spiro atoms. The minimum absolute atomic E-state index is 0. The van der Waals surface area contributed by atoms with Gasteiger partial charge in [-0.05, 0) is 91.0 Å². The van der Waals surface area contributed by atoms with E-state index in [2.05, 4.69) is 73.0 Å². The van der Waals surface area contributed by atoms with Crippen LogP contribution in [-0.4, -0.2) is 18.6 Å². The van der Waals surface area contributed by atoms with Crippen LogP contribution in [0, 0.1) is 18.3 Å².